The average molecular weight is 329 g/mol. The van der Waals surface area contributed by atoms with Crippen LogP contribution in [0.3, 0.4) is 0 Å². The van der Waals surface area contributed by atoms with Crippen molar-refractivity contribution in [2.24, 2.45) is 10.1 Å². The Morgan fingerprint density at radius 2 is 2.17 bits per heavy atom. The van der Waals surface area contributed by atoms with Gasteiger partial charge in [-0.1, -0.05) is 5.16 Å². The molecule has 0 saturated heterocycles. The number of nitrogens with zero attached hydrogens (tertiary/aromatic N) is 5. The topological polar surface area (TPSA) is 92.3 Å². The molecule has 1 aliphatic rings. The van der Waals surface area contributed by atoms with Crippen LogP contribution in [0.25, 0.3) is 0 Å². The Morgan fingerprint density at radius 1 is 1.38 bits per heavy atom. The first-order valence-electron chi connectivity index (χ1n) is 7.21. The molecule has 0 N–H and O–H groups in total. The van der Waals surface area contributed by atoms with Gasteiger partial charge < -0.3 is 14.3 Å². The van der Waals surface area contributed by atoms with Crippen molar-refractivity contribution in [3.63, 3.8) is 0 Å². The van der Waals surface area contributed by atoms with Crippen molar-refractivity contribution >= 4 is 11.9 Å². The molecular formula is C16H19N5O3. The molecule has 0 spiro atoms. The van der Waals surface area contributed by atoms with Gasteiger partial charge in [0, 0.05) is 25.1 Å². The van der Waals surface area contributed by atoms with Crippen molar-refractivity contribution in [2.75, 3.05) is 21.0 Å². The lowest BCUT2D eigenvalue weighted by atomic mass is 10.2. The summed E-state index contributed by atoms with van der Waals surface area (Å²) in [6.07, 6.45) is 2.69. The molecule has 8 nitrogen and oxygen atoms in total. The summed E-state index contributed by atoms with van der Waals surface area (Å²) in [7, 11) is 3.06. The van der Waals surface area contributed by atoms with E-state index in [0.717, 1.165) is 11.3 Å². The van der Waals surface area contributed by atoms with E-state index >= 15 is 0 Å². The van der Waals surface area contributed by atoms with E-state index in [0.29, 0.717) is 11.6 Å². The van der Waals surface area contributed by atoms with Gasteiger partial charge in [-0.15, -0.1) is 0 Å². The van der Waals surface area contributed by atoms with Crippen molar-refractivity contribution in [1.29, 1.82) is 5.26 Å². The molecule has 8 heteroatoms. The van der Waals surface area contributed by atoms with Crippen LogP contribution >= 0.6 is 0 Å². The fourth-order valence-corrected chi connectivity index (χ4v) is 2.21. The number of pyridine rings is 1. The summed E-state index contributed by atoms with van der Waals surface area (Å²) in [6, 6.07) is 5.70. The number of hydrogen-bond acceptors (Lipinski definition) is 8. The molecule has 1 aliphatic heterocycles. The molecule has 1 aromatic heterocycles. The Labute approximate surface area is 140 Å². The smallest absolute Gasteiger partial charge is 0.232 e. The number of allylic oxidation sites excluding steroid dienone is 1. The summed E-state index contributed by atoms with van der Waals surface area (Å²) in [6.45, 7) is 3.79. The summed E-state index contributed by atoms with van der Waals surface area (Å²) in [4.78, 5) is 15.4. The number of nitriles is 1. The van der Waals surface area contributed by atoms with Crippen molar-refractivity contribution in [3.8, 4) is 6.07 Å². The van der Waals surface area contributed by atoms with Gasteiger partial charge >= 0.3 is 0 Å². The van der Waals surface area contributed by atoms with Gasteiger partial charge in [-0.2, -0.15) is 5.26 Å². The molecule has 0 radical (unpaired) electrons. The van der Waals surface area contributed by atoms with Crippen LogP contribution in [0.2, 0.25) is 0 Å². The minimum absolute atomic E-state index is 0.00545. The van der Waals surface area contributed by atoms with Crippen LogP contribution in [0.5, 0.6) is 0 Å². The van der Waals surface area contributed by atoms with Crippen molar-refractivity contribution < 1.29 is 14.3 Å². The third-order valence-electron chi connectivity index (χ3n) is 3.20. The number of aliphatic imine (C=N–C) groups is 1. The van der Waals surface area contributed by atoms with Gasteiger partial charge in [0.15, 0.2) is 12.6 Å². The Morgan fingerprint density at radius 3 is 2.79 bits per heavy atom. The molecular weight excluding hydrogens is 310 g/mol. The Balaban J connectivity index is 2.12. The first-order chi connectivity index (χ1) is 11.6. The molecule has 2 heterocycles. The minimum atomic E-state index is -0.579. The number of rotatable bonds is 6. The maximum absolute atomic E-state index is 9.30. The maximum atomic E-state index is 9.30. The third kappa shape index (κ3) is 4.08. The van der Waals surface area contributed by atoms with Crippen LogP contribution in [-0.4, -0.2) is 49.1 Å². The van der Waals surface area contributed by atoms with Crippen LogP contribution < -0.4 is 0 Å². The average Bonchev–Trinajstić information content (AvgIpc) is 2.57. The molecule has 1 unspecified atom stereocenters. The van der Waals surface area contributed by atoms with Gasteiger partial charge in [0.2, 0.25) is 12.1 Å². The van der Waals surface area contributed by atoms with E-state index in [1.165, 1.54) is 14.2 Å². The highest BCUT2D eigenvalue weighted by Gasteiger charge is 2.23. The number of methoxy groups -OCH3 is 2. The van der Waals surface area contributed by atoms with E-state index in [1.807, 2.05) is 26.0 Å². The predicted molar refractivity (Wildman–Crippen MR) is 88.0 cm³/mol. The van der Waals surface area contributed by atoms with Crippen molar-refractivity contribution in [2.45, 2.75) is 20.2 Å². The zero-order valence-corrected chi connectivity index (χ0v) is 14.1. The molecule has 0 aromatic carbocycles. The standard InChI is InChI=1S/C16H19N5O3/c1-11-7-12(2)19-13(8-11)14(9-17)20-24-10-21-15(22-3)5-6-18-16(21)23-4/h5-8,16H,10H2,1-4H3/b20-14-. The third-order valence-corrected chi connectivity index (χ3v) is 3.20. The zero-order valence-electron chi connectivity index (χ0n) is 14.1. The Kier molecular flexibility index (Phi) is 5.87. The number of ether oxygens (including phenoxy) is 2. The first-order valence-corrected chi connectivity index (χ1v) is 7.21. The van der Waals surface area contributed by atoms with Crippen LogP contribution in [0.1, 0.15) is 17.0 Å². The fraction of sp³-hybridized carbons (Fsp3) is 0.375. The second kappa shape index (κ2) is 8.08. The van der Waals surface area contributed by atoms with Crippen LogP contribution in [0.15, 0.2) is 34.2 Å². The Hall–Kier alpha value is -2.92. The highest BCUT2D eigenvalue weighted by atomic mass is 16.6. The second-order valence-electron chi connectivity index (χ2n) is 5.02. The maximum Gasteiger partial charge on any atom is 0.232 e. The number of aryl methyl sites for hydroxylation is 2. The number of aromatic nitrogens is 1. The molecule has 2 rings (SSSR count). The van der Waals surface area contributed by atoms with Crippen LogP contribution in [0.4, 0.5) is 0 Å². The van der Waals surface area contributed by atoms with Gasteiger partial charge in [-0.25, -0.2) is 4.99 Å². The highest BCUT2D eigenvalue weighted by molar-refractivity contribution is 6.10. The summed E-state index contributed by atoms with van der Waals surface area (Å²) in [5.41, 5.74) is 2.37. The number of hydrogen-bond donors (Lipinski definition) is 0. The number of oxime groups is 1. The van der Waals surface area contributed by atoms with Gasteiger partial charge in [-0.05, 0) is 31.5 Å². The molecule has 0 bridgehead atoms. The summed E-state index contributed by atoms with van der Waals surface area (Å²) < 4.78 is 10.5. The van der Waals surface area contributed by atoms with Gasteiger partial charge in [0.25, 0.3) is 0 Å². The van der Waals surface area contributed by atoms with Crippen LogP contribution in [-0.2, 0) is 14.3 Å². The van der Waals surface area contributed by atoms with E-state index in [1.54, 1.807) is 23.3 Å². The van der Waals surface area contributed by atoms with Crippen molar-refractivity contribution in [3.05, 3.63) is 41.0 Å². The lowest BCUT2D eigenvalue weighted by molar-refractivity contribution is -0.0930. The first kappa shape index (κ1) is 17.4. The molecule has 24 heavy (non-hydrogen) atoms. The van der Waals surface area contributed by atoms with Gasteiger partial charge in [0.05, 0.1) is 7.11 Å². The summed E-state index contributed by atoms with van der Waals surface area (Å²) >= 11 is 0. The molecule has 1 aromatic rings. The normalized spacial score (nSPS) is 17.3. The van der Waals surface area contributed by atoms with E-state index in [4.69, 9.17) is 14.3 Å². The minimum Gasteiger partial charge on any atom is -0.482 e. The lowest BCUT2D eigenvalue weighted by Crippen LogP contribution is -2.38. The van der Waals surface area contributed by atoms with Gasteiger partial charge in [-0.3, -0.25) is 9.88 Å². The van der Waals surface area contributed by atoms with Gasteiger partial charge in [0.1, 0.15) is 11.8 Å². The van der Waals surface area contributed by atoms with E-state index in [-0.39, 0.29) is 12.4 Å². The Bertz CT molecular complexity index is 701. The molecule has 0 aliphatic carbocycles. The van der Waals surface area contributed by atoms with Crippen LogP contribution in [0, 0.1) is 25.2 Å². The summed E-state index contributed by atoms with van der Waals surface area (Å²) in [5.74, 6) is 0.523. The molecule has 0 fully saturated rings. The monoisotopic (exact) mass is 329 g/mol. The molecule has 126 valence electrons. The van der Waals surface area contributed by atoms with E-state index < -0.39 is 6.35 Å². The van der Waals surface area contributed by atoms with Crippen molar-refractivity contribution in [1.82, 2.24) is 9.88 Å². The second-order valence-corrected chi connectivity index (χ2v) is 5.02. The largest absolute Gasteiger partial charge is 0.482 e. The zero-order chi connectivity index (χ0) is 17.5. The quantitative estimate of drug-likeness (QED) is 0.582. The summed E-state index contributed by atoms with van der Waals surface area (Å²) in [5, 5.41) is 13.2. The highest BCUT2D eigenvalue weighted by Crippen LogP contribution is 2.15. The molecule has 1 atom stereocenters. The van der Waals surface area contributed by atoms with E-state index in [2.05, 4.69) is 15.1 Å². The SMILES string of the molecule is COC1=CC=NC(OC)N1CO/N=C(/C#N)c1cc(C)cc(C)n1. The fourth-order valence-electron chi connectivity index (χ4n) is 2.21. The lowest BCUT2D eigenvalue weighted by Gasteiger charge is -2.30. The van der Waals surface area contributed by atoms with E-state index in [9.17, 15) is 5.26 Å². The molecule has 0 amide bonds. The predicted octanol–water partition coefficient (Wildman–Crippen LogP) is 1.70. The molecule has 0 saturated carbocycles.